The zero-order valence-corrected chi connectivity index (χ0v) is 17.1. The number of nitrogens with one attached hydrogen (secondary N) is 2. The summed E-state index contributed by atoms with van der Waals surface area (Å²) in [6.45, 7) is 3.80. The third kappa shape index (κ3) is 5.17. The molecule has 1 aromatic heterocycles. The van der Waals surface area contributed by atoms with Gasteiger partial charge in [0.15, 0.2) is 4.34 Å². The Kier molecular flexibility index (Phi) is 6.78. The van der Waals surface area contributed by atoms with Crippen LogP contribution in [0.25, 0.3) is 0 Å². The maximum Gasteiger partial charge on any atom is 0.251 e. The van der Waals surface area contributed by atoms with Crippen molar-refractivity contribution in [3.8, 4) is 0 Å². The van der Waals surface area contributed by atoms with Gasteiger partial charge in [-0.05, 0) is 30.2 Å². The van der Waals surface area contributed by atoms with Gasteiger partial charge in [0, 0.05) is 10.5 Å². The standard InChI is InChI=1S/C20H20N4O2S2/c1-13(2)17(23-18(25)14-8-4-3-5-9-14)19(26)22-15-10-6-7-11-16(15)28-20-24-21-12-27-20/h3-13,17H,1-2H3,(H,22,26)(H,23,25). The molecule has 2 amide bonds. The van der Waals surface area contributed by atoms with Crippen LogP contribution in [-0.4, -0.2) is 28.1 Å². The van der Waals surface area contributed by atoms with Gasteiger partial charge >= 0.3 is 0 Å². The summed E-state index contributed by atoms with van der Waals surface area (Å²) >= 11 is 2.87. The molecule has 144 valence electrons. The largest absolute Gasteiger partial charge is 0.340 e. The Morgan fingerprint density at radius 2 is 1.75 bits per heavy atom. The second-order valence-corrected chi connectivity index (χ2v) is 8.48. The van der Waals surface area contributed by atoms with Crippen molar-refractivity contribution in [3.63, 3.8) is 0 Å². The highest BCUT2D eigenvalue weighted by atomic mass is 32.2. The maximum atomic E-state index is 12.9. The number of rotatable bonds is 7. The van der Waals surface area contributed by atoms with Gasteiger partial charge in [0.2, 0.25) is 5.91 Å². The minimum Gasteiger partial charge on any atom is -0.340 e. The number of benzene rings is 2. The Morgan fingerprint density at radius 3 is 2.43 bits per heavy atom. The lowest BCUT2D eigenvalue weighted by Gasteiger charge is -2.22. The van der Waals surface area contributed by atoms with E-state index >= 15 is 0 Å². The van der Waals surface area contributed by atoms with Crippen LogP contribution in [0.3, 0.4) is 0 Å². The molecule has 2 aromatic carbocycles. The highest BCUT2D eigenvalue weighted by Gasteiger charge is 2.25. The lowest BCUT2D eigenvalue weighted by molar-refractivity contribution is -0.118. The van der Waals surface area contributed by atoms with Crippen molar-refractivity contribution in [1.29, 1.82) is 0 Å². The van der Waals surface area contributed by atoms with Gasteiger partial charge in [0.1, 0.15) is 11.6 Å². The molecule has 8 heteroatoms. The normalized spacial score (nSPS) is 11.8. The zero-order valence-electron chi connectivity index (χ0n) is 15.5. The first kappa shape index (κ1) is 20.0. The van der Waals surface area contributed by atoms with E-state index in [9.17, 15) is 9.59 Å². The van der Waals surface area contributed by atoms with Crippen molar-refractivity contribution in [2.75, 3.05) is 5.32 Å². The van der Waals surface area contributed by atoms with Crippen LogP contribution in [0.15, 0.2) is 69.3 Å². The second kappa shape index (κ2) is 9.48. The van der Waals surface area contributed by atoms with Gasteiger partial charge < -0.3 is 10.6 Å². The maximum absolute atomic E-state index is 12.9. The summed E-state index contributed by atoms with van der Waals surface area (Å²) in [6, 6.07) is 15.7. The van der Waals surface area contributed by atoms with E-state index in [1.165, 1.54) is 23.1 Å². The Hall–Kier alpha value is -2.71. The fourth-order valence-electron chi connectivity index (χ4n) is 2.52. The molecule has 0 fully saturated rings. The number of amides is 2. The predicted molar refractivity (Wildman–Crippen MR) is 112 cm³/mol. The fraction of sp³-hybridized carbons (Fsp3) is 0.200. The molecule has 3 rings (SSSR count). The fourth-order valence-corrected chi connectivity index (χ4v) is 4.04. The van der Waals surface area contributed by atoms with Gasteiger partial charge in [-0.25, -0.2) is 0 Å². The van der Waals surface area contributed by atoms with E-state index in [2.05, 4.69) is 20.8 Å². The first-order valence-electron chi connectivity index (χ1n) is 8.74. The molecular formula is C20H20N4O2S2. The van der Waals surface area contributed by atoms with E-state index in [-0.39, 0.29) is 17.7 Å². The van der Waals surface area contributed by atoms with Crippen LogP contribution in [0, 0.1) is 5.92 Å². The first-order chi connectivity index (χ1) is 13.5. The average Bonchev–Trinajstić information content (AvgIpc) is 3.21. The van der Waals surface area contributed by atoms with Gasteiger partial charge in [-0.15, -0.1) is 10.2 Å². The van der Waals surface area contributed by atoms with Crippen LogP contribution in [0.1, 0.15) is 24.2 Å². The third-order valence-corrected chi connectivity index (χ3v) is 5.81. The lowest BCUT2D eigenvalue weighted by Crippen LogP contribution is -2.47. The molecule has 0 aliphatic rings. The molecule has 0 spiro atoms. The van der Waals surface area contributed by atoms with Crippen LogP contribution in [0.5, 0.6) is 0 Å². The van der Waals surface area contributed by atoms with Gasteiger partial charge in [0.05, 0.1) is 5.69 Å². The highest BCUT2D eigenvalue weighted by molar-refractivity contribution is 8.01. The van der Waals surface area contributed by atoms with E-state index in [0.29, 0.717) is 11.3 Å². The molecule has 28 heavy (non-hydrogen) atoms. The smallest absolute Gasteiger partial charge is 0.251 e. The van der Waals surface area contributed by atoms with E-state index in [1.54, 1.807) is 29.8 Å². The number of hydrogen-bond donors (Lipinski definition) is 2. The molecule has 0 aliphatic carbocycles. The molecule has 0 aliphatic heterocycles. The first-order valence-corrected chi connectivity index (χ1v) is 10.4. The van der Waals surface area contributed by atoms with Crippen molar-refractivity contribution in [3.05, 3.63) is 65.7 Å². The summed E-state index contributed by atoms with van der Waals surface area (Å²) in [4.78, 5) is 26.3. The Bertz CT molecular complexity index is 930. The number of hydrogen-bond acceptors (Lipinski definition) is 6. The van der Waals surface area contributed by atoms with Gasteiger partial charge in [-0.2, -0.15) is 0 Å². The molecule has 0 radical (unpaired) electrons. The van der Waals surface area contributed by atoms with E-state index < -0.39 is 6.04 Å². The van der Waals surface area contributed by atoms with Gasteiger partial charge in [0.25, 0.3) is 5.91 Å². The number of aromatic nitrogens is 2. The van der Waals surface area contributed by atoms with Crippen LogP contribution >= 0.6 is 23.1 Å². The summed E-state index contributed by atoms with van der Waals surface area (Å²) < 4.78 is 0.791. The Balaban J connectivity index is 1.73. The van der Waals surface area contributed by atoms with Gasteiger partial charge in [-0.1, -0.05) is 67.3 Å². The molecule has 1 heterocycles. The molecule has 2 N–H and O–H groups in total. The van der Waals surface area contributed by atoms with Crippen LogP contribution < -0.4 is 10.6 Å². The molecule has 0 bridgehead atoms. The number of anilines is 1. The van der Waals surface area contributed by atoms with E-state index in [4.69, 9.17) is 0 Å². The topological polar surface area (TPSA) is 84.0 Å². The summed E-state index contributed by atoms with van der Waals surface area (Å²) in [6.07, 6.45) is 0. The van der Waals surface area contributed by atoms with Crippen molar-refractivity contribution < 1.29 is 9.59 Å². The van der Waals surface area contributed by atoms with Crippen LogP contribution in [-0.2, 0) is 4.79 Å². The quantitative estimate of drug-likeness (QED) is 0.611. The molecule has 1 unspecified atom stereocenters. The average molecular weight is 413 g/mol. The summed E-state index contributed by atoms with van der Waals surface area (Å²) in [5.41, 5.74) is 2.86. The molecular weight excluding hydrogens is 392 g/mol. The Morgan fingerprint density at radius 1 is 1.04 bits per heavy atom. The van der Waals surface area contributed by atoms with Gasteiger partial charge in [-0.3, -0.25) is 9.59 Å². The van der Waals surface area contributed by atoms with Crippen molar-refractivity contribution >= 4 is 40.6 Å². The number of nitrogens with zero attached hydrogens (tertiary/aromatic N) is 2. The number of carbonyl (C=O) groups is 2. The molecule has 6 nitrogen and oxygen atoms in total. The summed E-state index contributed by atoms with van der Waals surface area (Å²) in [5.74, 6) is -0.605. The summed E-state index contributed by atoms with van der Waals surface area (Å²) in [7, 11) is 0. The number of para-hydroxylation sites is 1. The minimum absolute atomic E-state index is 0.0735. The zero-order chi connectivity index (χ0) is 19.9. The van der Waals surface area contributed by atoms with Crippen molar-refractivity contribution in [2.45, 2.75) is 29.1 Å². The molecule has 1 atom stereocenters. The predicted octanol–water partition coefficient (Wildman–Crippen LogP) is 4.08. The van der Waals surface area contributed by atoms with Crippen molar-refractivity contribution in [2.24, 2.45) is 5.92 Å². The van der Waals surface area contributed by atoms with E-state index in [0.717, 1.165) is 9.24 Å². The molecule has 0 saturated carbocycles. The monoisotopic (exact) mass is 412 g/mol. The summed E-state index contributed by atoms with van der Waals surface area (Å²) in [5, 5.41) is 13.6. The van der Waals surface area contributed by atoms with E-state index in [1.807, 2.05) is 44.2 Å². The molecule has 3 aromatic rings. The third-order valence-electron chi connectivity index (χ3n) is 3.95. The van der Waals surface area contributed by atoms with Crippen LogP contribution in [0.4, 0.5) is 5.69 Å². The highest BCUT2D eigenvalue weighted by Crippen LogP contribution is 2.34. The Labute approximate surface area is 171 Å². The van der Waals surface area contributed by atoms with Crippen molar-refractivity contribution in [1.82, 2.24) is 15.5 Å². The minimum atomic E-state index is -0.660. The number of carbonyl (C=O) groups excluding carboxylic acids is 2. The molecule has 0 saturated heterocycles. The SMILES string of the molecule is CC(C)C(NC(=O)c1ccccc1)C(=O)Nc1ccccc1Sc1nncs1. The second-order valence-electron chi connectivity index (χ2n) is 6.35. The van der Waals surface area contributed by atoms with Crippen LogP contribution in [0.2, 0.25) is 0 Å². The lowest BCUT2D eigenvalue weighted by atomic mass is 10.0.